The molecule has 0 amide bonds. The summed E-state index contributed by atoms with van der Waals surface area (Å²) in [6, 6.07) is 0. The Labute approximate surface area is 132 Å². The van der Waals surface area contributed by atoms with E-state index in [-0.39, 0.29) is 5.78 Å². The number of carbonyl (C=O) groups excluding carboxylic acids is 1. The highest BCUT2D eigenvalue weighted by Crippen LogP contribution is 2.17. The third-order valence-corrected chi connectivity index (χ3v) is 4.03. The standard InChI is InChI=1S/C20H34O/c1-4-6-13-16-19(3)17-14-11-9-7-8-10-12-15-18-20(21)5-2/h2,15,18-19H,4,6-14,16-17H2,1,3H3/b18-15+. The summed E-state index contributed by atoms with van der Waals surface area (Å²) in [5.41, 5.74) is 0. The molecule has 0 aromatic rings. The van der Waals surface area contributed by atoms with E-state index in [1.807, 2.05) is 6.08 Å². The molecule has 0 saturated heterocycles. The molecule has 0 radical (unpaired) electrons. The molecule has 0 bridgehead atoms. The van der Waals surface area contributed by atoms with Crippen molar-refractivity contribution in [1.82, 2.24) is 0 Å². The van der Waals surface area contributed by atoms with E-state index in [0.717, 1.165) is 12.3 Å². The summed E-state index contributed by atoms with van der Waals surface area (Å²) in [4.78, 5) is 10.8. The molecule has 120 valence electrons. The lowest BCUT2D eigenvalue weighted by Gasteiger charge is -2.10. The van der Waals surface area contributed by atoms with Crippen molar-refractivity contribution < 1.29 is 4.79 Å². The van der Waals surface area contributed by atoms with Crippen LogP contribution >= 0.6 is 0 Å². The van der Waals surface area contributed by atoms with Gasteiger partial charge in [-0.2, -0.15) is 0 Å². The van der Waals surface area contributed by atoms with Crippen molar-refractivity contribution in [3.05, 3.63) is 12.2 Å². The van der Waals surface area contributed by atoms with E-state index < -0.39 is 0 Å². The minimum Gasteiger partial charge on any atom is -0.280 e. The fourth-order valence-electron chi connectivity index (χ4n) is 2.59. The quantitative estimate of drug-likeness (QED) is 0.164. The molecule has 0 rings (SSSR count). The molecule has 0 heterocycles. The van der Waals surface area contributed by atoms with Crippen LogP contribution in [-0.4, -0.2) is 5.78 Å². The van der Waals surface area contributed by atoms with Gasteiger partial charge in [-0.1, -0.05) is 84.1 Å². The highest BCUT2D eigenvalue weighted by atomic mass is 16.1. The molecule has 1 atom stereocenters. The number of hydrogen-bond acceptors (Lipinski definition) is 1. The predicted molar refractivity (Wildman–Crippen MR) is 93.2 cm³/mol. The number of carbonyl (C=O) groups is 1. The SMILES string of the molecule is C#CC(=O)/C=C/CCCCCCCCC(C)CCCCC. The zero-order chi connectivity index (χ0) is 15.8. The Kier molecular flexibility index (Phi) is 14.6. The molecule has 1 heteroatoms. The Balaban J connectivity index is 3.24. The number of unbranched alkanes of at least 4 members (excludes halogenated alkanes) is 8. The number of ketones is 1. The Morgan fingerprint density at radius 3 is 2.19 bits per heavy atom. The van der Waals surface area contributed by atoms with Crippen LogP contribution in [0.2, 0.25) is 0 Å². The Morgan fingerprint density at radius 2 is 1.57 bits per heavy atom. The molecular weight excluding hydrogens is 256 g/mol. The van der Waals surface area contributed by atoms with Crippen molar-refractivity contribution in [3.63, 3.8) is 0 Å². The van der Waals surface area contributed by atoms with E-state index in [1.54, 1.807) is 0 Å². The van der Waals surface area contributed by atoms with Gasteiger partial charge in [-0.05, 0) is 30.8 Å². The molecule has 0 saturated carbocycles. The van der Waals surface area contributed by atoms with Gasteiger partial charge in [-0.3, -0.25) is 4.79 Å². The van der Waals surface area contributed by atoms with E-state index in [0.29, 0.717) is 0 Å². The first-order valence-electron chi connectivity index (χ1n) is 8.87. The highest BCUT2D eigenvalue weighted by molar-refractivity contribution is 6.03. The molecule has 0 aliphatic carbocycles. The van der Waals surface area contributed by atoms with Crippen molar-refractivity contribution >= 4 is 5.78 Å². The van der Waals surface area contributed by atoms with Crippen LogP contribution in [0, 0.1) is 18.3 Å². The van der Waals surface area contributed by atoms with Crippen LogP contribution in [0.4, 0.5) is 0 Å². The van der Waals surface area contributed by atoms with Gasteiger partial charge in [0, 0.05) is 0 Å². The molecule has 0 fully saturated rings. The molecule has 0 aliphatic heterocycles. The minimum atomic E-state index is -0.219. The summed E-state index contributed by atoms with van der Waals surface area (Å²) >= 11 is 0. The van der Waals surface area contributed by atoms with Gasteiger partial charge in [0.25, 0.3) is 0 Å². The van der Waals surface area contributed by atoms with Crippen molar-refractivity contribution in [3.8, 4) is 12.3 Å². The van der Waals surface area contributed by atoms with Gasteiger partial charge in [-0.25, -0.2) is 0 Å². The zero-order valence-electron chi connectivity index (χ0n) is 14.2. The third kappa shape index (κ3) is 15.2. The second kappa shape index (κ2) is 15.4. The van der Waals surface area contributed by atoms with Crippen LogP contribution < -0.4 is 0 Å². The van der Waals surface area contributed by atoms with Crippen LogP contribution in [0.3, 0.4) is 0 Å². The maximum atomic E-state index is 10.8. The van der Waals surface area contributed by atoms with Gasteiger partial charge in [0.15, 0.2) is 0 Å². The summed E-state index contributed by atoms with van der Waals surface area (Å²) in [6.45, 7) is 4.67. The van der Waals surface area contributed by atoms with E-state index in [4.69, 9.17) is 6.42 Å². The lowest BCUT2D eigenvalue weighted by molar-refractivity contribution is -0.109. The molecule has 0 aromatic carbocycles. The number of rotatable bonds is 14. The maximum Gasteiger partial charge on any atom is 0.228 e. The number of terminal acetylenes is 1. The van der Waals surface area contributed by atoms with E-state index in [1.165, 1.54) is 76.7 Å². The van der Waals surface area contributed by atoms with E-state index in [2.05, 4.69) is 19.8 Å². The molecule has 0 aromatic heterocycles. The molecule has 21 heavy (non-hydrogen) atoms. The lowest BCUT2D eigenvalue weighted by Crippen LogP contribution is -1.94. The lowest BCUT2D eigenvalue weighted by atomic mass is 9.96. The maximum absolute atomic E-state index is 10.8. The first kappa shape index (κ1) is 20.0. The summed E-state index contributed by atoms with van der Waals surface area (Å²) < 4.78 is 0. The second-order valence-corrected chi connectivity index (χ2v) is 6.21. The summed E-state index contributed by atoms with van der Waals surface area (Å²) in [7, 11) is 0. The van der Waals surface area contributed by atoms with Crippen LogP contribution in [0.1, 0.15) is 90.9 Å². The Hall–Kier alpha value is -1.03. The highest BCUT2D eigenvalue weighted by Gasteiger charge is 2.01. The average molecular weight is 290 g/mol. The van der Waals surface area contributed by atoms with Crippen molar-refractivity contribution in [2.45, 2.75) is 90.9 Å². The molecule has 0 aliphatic rings. The predicted octanol–water partition coefficient (Wildman–Crippen LogP) is 6.08. The molecule has 0 spiro atoms. The molecule has 1 unspecified atom stereocenters. The van der Waals surface area contributed by atoms with Gasteiger partial charge in [0.2, 0.25) is 5.78 Å². The van der Waals surface area contributed by atoms with E-state index >= 15 is 0 Å². The molecule has 0 N–H and O–H groups in total. The van der Waals surface area contributed by atoms with Gasteiger partial charge >= 0.3 is 0 Å². The Morgan fingerprint density at radius 1 is 1.00 bits per heavy atom. The van der Waals surface area contributed by atoms with Gasteiger partial charge < -0.3 is 0 Å². The monoisotopic (exact) mass is 290 g/mol. The zero-order valence-corrected chi connectivity index (χ0v) is 14.2. The van der Waals surface area contributed by atoms with Crippen LogP contribution in [0.5, 0.6) is 0 Å². The summed E-state index contributed by atoms with van der Waals surface area (Å²) in [5.74, 6) is 2.78. The second-order valence-electron chi connectivity index (χ2n) is 6.21. The van der Waals surface area contributed by atoms with Gasteiger partial charge in [0.05, 0.1) is 0 Å². The minimum absolute atomic E-state index is 0.219. The van der Waals surface area contributed by atoms with Gasteiger partial charge in [0.1, 0.15) is 0 Å². The van der Waals surface area contributed by atoms with Crippen LogP contribution in [0.15, 0.2) is 12.2 Å². The average Bonchev–Trinajstić information content (AvgIpc) is 2.49. The van der Waals surface area contributed by atoms with Crippen molar-refractivity contribution in [2.24, 2.45) is 5.92 Å². The van der Waals surface area contributed by atoms with Crippen molar-refractivity contribution in [2.75, 3.05) is 0 Å². The Bertz CT molecular complexity index is 308. The molecular formula is C20H34O. The topological polar surface area (TPSA) is 17.1 Å². The summed E-state index contributed by atoms with van der Waals surface area (Å²) in [6.07, 6.45) is 24.2. The largest absolute Gasteiger partial charge is 0.280 e. The normalized spacial score (nSPS) is 12.4. The smallest absolute Gasteiger partial charge is 0.228 e. The fraction of sp³-hybridized carbons (Fsp3) is 0.750. The first-order valence-corrected chi connectivity index (χ1v) is 8.87. The van der Waals surface area contributed by atoms with E-state index in [9.17, 15) is 4.79 Å². The first-order chi connectivity index (χ1) is 10.2. The van der Waals surface area contributed by atoms with Crippen LogP contribution in [0.25, 0.3) is 0 Å². The fourth-order valence-corrected chi connectivity index (χ4v) is 2.59. The molecule has 1 nitrogen and oxygen atoms in total. The van der Waals surface area contributed by atoms with Crippen molar-refractivity contribution in [1.29, 1.82) is 0 Å². The summed E-state index contributed by atoms with van der Waals surface area (Å²) in [5, 5.41) is 0. The number of hydrogen-bond donors (Lipinski definition) is 0. The van der Waals surface area contributed by atoms with Gasteiger partial charge in [-0.15, -0.1) is 6.42 Å². The number of allylic oxidation sites excluding steroid dienone is 2. The van der Waals surface area contributed by atoms with Crippen LogP contribution in [-0.2, 0) is 4.79 Å². The third-order valence-electron chi connectivity index (χ3n) is 4.03.